The number of hydrogen-bond acceptors (Lipinski definition) is 6. The van der Waals surface area contributed by atoms with Crippen molar-refractivity contribution in [2.75, 3.05) is 31.8 Å². The predicted octanol–water partition coefficient (Wildman–Crippen LogP) is 6.35. The number of carbonyl (C=O) groups excluding carboxylic acids is 1. The Balaban J connectivity index is 1.65. The number of sulfonamides is 1. The summed E-state index contributed by atoms with van der Waals surface area (Å²) < 4.78 is 66.5. The van der Waals surface area contributed by atoms with Crippen molar-refractivity contribution in [3.8, 4) is 39.7 Å². The molecule has 2 N–H and O–H groups in total. The fraction of sp³-hybridized carbons (Fsp3) is 0.125. The zero-order chi connectivity index (χ0) is 31.3. The molecule has 3 aromatic carbocycles. The van der Waals surface area contributed by atoms with E-state index in [0.717, 1.165) is 10.6 Å². The number of anilines is 1. The highest BCUT2D eigenvalue weighted by molar-refractivity contribution is 7.92. The van der Waals surface area contributed by atoms with Gasteiger partial charge in [-0.15, -0.1) is 0 Å². The number of aromatic amines is 1. The maximum Gasteiger partial charge on any atom is 0.255 e. The zero-order valence-electron chi connectivity index (χ0n) is 24.0. The van der Waals surface area contributed by atoms with Crippen LogP contribution in [0.15, 0.2) is 77.2 Å². The van der Waals surface area contributed by atoms with Gasteiger partial charge in [0.15, 0.2) is 0 Å². The lowest BCUT2D eigenvalue weighted by atomic mass is 9.99. The van der Waals surface area contributed by atoms with E-state index in [1.165, 1.54) is 57.6 Å². The lowest BCUT2D eigenvalue weighted by molar-refractivity contribution is 0.0964. The Hall–Kier alpha value is -5.23. The number of pyridine rings is 1. The van der Waals surface area contributed by atoms with E-state index in [4.69, 9.17) is 9.15 Å². The van der Waals surface area contributed by atoms with Crippen LogP contribution in [0.2, 0.25) is 0 Å². The monoisotopic (exact) mass is 616 g/mol. The molecule has 12 heteroatoms. The number of halogens is 2. The summed E-state index contributed by atoms with van der Waals surface area (Å²) in [5.41, 5.74) is 3.52. The van der Waals surface area contributed by atoms with Gasteiger partial charge in [0.2, 0.25) is 15.9 Å². The molecule has 0 unspecified atom stereocenters. The second-order valence-electron chi connectivity index (χ2n) is 10.2. The van der Waals surface area contributed by atoms with E-state index in [9.17, 15) is 22.0 Å². The quantitative estimate of drug-likeness (QED) is 0.216. The smallest absolute Gasteiger partial charge is 0.255 e. The minimum Gasteiger partial charge on any atom is -0.481 e. The number of aromatic nitrogens is 2. The minimum atomic E-state index is -3.77. The fourth-order valence-corrected chi connectivity index (χ4v) is 5.62. The van der Waals surface area contributed by atoms with Crippen molar-refractivity contribution >= 4 is 43.5 Å². The van der Waals surface area contributed by atoms with Gasteiger partial charge >= 0.3 is 0 Å². The van der Waals surface area contributed by atoms with Gasteiger partial charge in [0.1, 0.15) is 23.0 Å². The van der Waals surface area contributed by atoms with Crippen LogP contribution < -0.4 is 14.4 Å². The average Bonchev–Trinajstić information content (AvgIpc) is 3.62. The summed E-state index contributed by atoms with van der Waals surface area (Å²) in [6.07, 6.45) is 1.06. The van der Waals surface area contributed by atoms with Crippen LogP contribution in [0.5, 0.6) is 5.88 Å². The van der Waals surface area contributed by atoms with Crippen molar-refractivity contribution < 1.29 is 31.1 Å². The average molecular weight is 617 g/mol. The van der Waals surface area contributed by atoms with Gasteiger partial charge in [0.25, 0.3) is 5.91 Å². The van der Waals surface area contributed by atoms with Crippen LogP contribution in [-0.4, -0.2) is 51.8 Å². The lowest BCUT2D eigenvalue weighted by Crippen LogP contribution is -2.25. The molecule has 0 bridgehead atoms. The summed E-state index contributed by atoms with van der Waals surface area (Å²) in [5.74, 6) is -0.896. The Morgan fingerprint density at radius 3 is 2.41 bits per heavy atom. The molecule has 0 atom stereocenters. The standard InChI is InChI=1S/C32H26F2N4O5S/c1-35-32(39)30-22-14-21(26-12-18(13-29(37-26)42-3)25-15-20-23(34)6-5-7-24(20)36-25)27(38(2)44(4,40)41)16-28(22)43-31(30)17-8-10-19(33)11-9-17/h5-16,36H,1-4H3,(H,35,39). The number of ether oxygens (including phenoxy) is 1. The van der Waals surface area contributed by atoms with E-state index in [1.54, 1.807) is 36.4 Å². The molecule has 0 aliphatic rings. The van der Waals surface area contributed by atoms with Crippen LogP contribution >= 0.6 is 0 Å². The zero-order valence-corrected chi connectivity index (χ0v) is 24.8. The summed E-state index contributed by atoms with van der Waals surface area (Å²) in [5, 5.41) is 3.40. The van der Waals surface area contributed by atoms with Gasteiger partial charge in [-0.1, -0.05) is 6.07 Å². The molecule has 3 aromatic heterocycles. The molecule has 6 aromatic rings. The summed E-state index contributed by atoms with van der Waals surface area (Å²) in [4.78, 5) is 21.0. The molecular weight excluding hydrogens is 590 g/mol. The normalized spacial score (nSPS) is 11.7. The molecule has 6 rings (SSSR count). The third-order valence-electron chi connectivity index (χ3n) is 7.41. The first-order valence-corrected chi connectivity index (χ1v) is 15.2. The SMILES string of the molecule is CNC(=O)c1c(-c2ccc(F)cc2)oc2cc(N(C)S(C)(=O)=O)c(-c3cc(-c4cc5c(F)cccc5[nH]4)cc(OC)n3)cc12. The summed E-state index contributed by atoms with van der Waals surface area (Å²) in [7, 11) is 0.542. The van der Waals surface area contributed by atoms with E-state index < -0.39 is 21.7 Å². The Bertz CT molecular complexity index is 2190. The van der Waals surface area contributed by atoms with Crippen molar-refractivity contribution in [2.24, 2.45) is 0 Å². The maximum atomic E-state index is 14.5. The number of rotatable bonds is 7. The maximum absolute atomic E-state index is 14.5. The van der Waals surface area contributed by atoms with E-state index in [1.807, 2.05) is 0 Å². The first-order chi connectivity index (χ1) is 21.0. The number of fused-ring (bicyclic) bond motifs is 2. The number of nitrogens with one attached hydrogen (secondary N) is 2. The molecule has 1 amide bonds. The van der Waals surface area contributed by atoms with Gasteiger partial charge in [-0.25, -0.2) is 22.2 Å². The molecule has 0 fully saturated rings. The van der Waals surface area contributed by atoms with Crippen LogP contribution in [0.4, 0.5) is 14.5 Å². The minimum absolute atomic E-state index is 0.179. The Morgan fingerprint density at radius 2 is 1.75 bits per heavy atom. The lowest BCUT2D eigenvalue weighted by Gasteiger charge is -2.21. The highest BCUT2D eigenvalue weighted by Gasteiger charge is 2.27. The van der Waals surface area contributed by atoms with Gasteiger partial charge in [0, 0.05) is 64.9 Å². The van der Waals surface area contributed by atoms with Crippen LogP contribution in [0, 0.1) is 11.6 Å². The van der Waals surface area contributed by atoms with E-state index in [0.29, 0.717) is 44.4 Å². The predicted molar refractivity (Wildman–Crippen MR) is 165 cm³/mol. The second kappa shape index (κ2) is 10.8. The van der Waals surface area contributed by atoms with Crippen LogP contribution in [0.3, 0.4) is 0 Å². The van der Waals surface area contributed by atoms with Gasteiger partial charge in [-0.3, -0.25) is 9.10 Å². The first-order valence-electron chi connectivity index (χ1n) is 13.3. The van der Waals surface area contributed by atoms with Crippen molar-refractivity contribution in [3.63, 3.8) is 0 Å². The summed E-state index contributed by atoms with van der Waals surface area (Å²) >= 11 is 0. The number of carbonyl (C=O) groups is 1. The molecule has 0 saturated carbocycles. The molecule has 0 saturated heterocycles. The van der Waals surface area contributed by atoms with Crippen LogP contribution in [0.25, 0.3) is 55.7 Å². The number of hydrogen-bond donors (Lipinski definition) is 2. The summed E-state index contributed by atoms with van der Waals surface area (Å²) in [6.45, 7) is 0. The van der Waals surface area contributed by atoms with Crippen LogP contribution in [-0.2, 0) is 10.0 Å². The van der Waals surface area contributed by atoms with Gasteiger partial charge in [-0.05, 0) is 54.6 Å². The second-order valence-corrected chi connectivity index (χ2v) is 12.2. The third kappa shape index (κ3) is 5.02. The van der Waals surface area contributed by atoms with Crippen molar-refractivity contribution in [1.82, 2.24) is 15.3 Å². The number of amides is 1. The number of methoxy groups -OCH3 is 1. The van der Waals surface area contributed by atoms with Crippen molar-refractivity contribution in [1.29, 1.82) is 0 Å². The highest BCUT2D eigenvalue weighted by Crippen LogP contribution is 2.42. The number of furan rings is 1. The van der Waals surface area contributed by atoms with Crippen LogP contribution in [0.1, 0.15) is 10.4 Å². The molecule has 44 heavy (non-hydrogen) atoms. The molecule has 9 nitrogen and oxygen atoms in total. The van der Waals surface area contributed by atoms with Gasteiger partial charge in [0.05, 0.1) is 30.3 Å². The topological polar surface area (TPSA) is 118 Å². The molecule has 0 radical (unpaired) electrons. The van der Waals surface area contributed by atoms with Gasteiger partial charge < -0.3 is 19.5 Å². The molecule has 3 heterocycles. The molecule has 0 aliphatic heterocycles. The Kier molecular flexibility index (Phi) is 7.08. The van der Waals surface area contributed by atoms with E-state index in [-0.39, 0.29) is 34.3 Å². The van der Waals surface area contributed by atoms with Gasteiger partial charge in [-0.2, -0.15) is 0 Å². The summed E-state index contributed by atoms with van der Waals surface area (Å²) in [6, 6.07) is 18.4. The van der Waals surface area contributed by atoms with E-state index >= 15 is 0 Å². The first kappa shape index (κ1) is 28.9. The number of H-pyrrole nitrogens is 1. The molecule has 224 valence electrons. The molecule has 0 aliphatic carbocycles. The Morgan fingerprint density at radius 1 is 1.00 bits per heavy atom. The highest BCUT2D eigenvalue weighted by atomic mass is 32.2. The van der Waals surface area contributed by atoms with E-state index in [2.05, 4.69) is 15.3 Å². The largest absolute Gasteiger partial charge is 0.481 e. The molecule has 0 spiro atoms. The fourth-order valence-electron chi connectivity index (χ4n) is 5.11. The number of nitrogens with zero attached hydrogens (tertiary/aromatic N) is 2. The Labute approximate surface area is 251 Å². The van der Waals surface area contributed by atoms with Crippen molar-refractivity contribution in [3.05, 3.63) is 90.0 Å². The van der Waals surface area contributed by atoms with Crippen molar-refractivity contribution in [2.45, 2.75) is 0 Å². The molecular formula is C32H26F2N4O5S. The number of benzene rings is 3. The third-order valence-corrected chi connectivity index (χ3v) is 8.60.